The lowest BCUT2D eigenvalue weighted by Gasteiger charge is -2.05. The van der Waals surface area contributed by atoms with Crippen LogP contribution in [0.4, 0.5) is 0 Å². The van der Waals surface area contributed by atoms with Crippen molar-refractivity contribution in [1.29, 1.82) is 0 Å². The van der Waals surface area contributed by atoms with Gasteiger partial charge in [-0.1, -0.05) is 6.58 Å². The second-order valence-corrected chi connectivity index (χ2v) is 1.08. The standard InChI is InChI=1S/C4H7NO3/c1-2-4(7)5(8)3-6/h2,6,8H,1,3H2. The first-order valence-electron chi connectivity index (χ1n) is 1.96. The summed E-state index contributed by atoms with van der Waals surface area (Å²) in [5.41, 5.74) is 0. The molecule has 0 aromatic heterocycles. The zero-order valence-corrected chi connectivity index (χ0v) is 4.24. The van der Waals surface area contributed by atoms with Gasteiger partial charge in [-0.3, -0.25) is 10.0 Å². The van der Waals surface area contributed by atoms with Crippen LogP contribution in [0.3, 0.4) is 0 Å². The maximum atomic E-state index is 10.1. The highest BCUT2D eigenvalue weighted by Crippen LogP contribution is 1.79. The van der Waals surface area contributed by atoms with E-state index >= 15 is 0 Å². The summed E-state index contributed by atoms with van der Waals surface area (Å²) in [7, 11) is 0. The molecule has 0 heterocycles. The van der Waals surface area contributed by atoms with Gasteiger partial charge in [-0.05, 0) is 6.08 Å². The number of rotatable bonds is 2. The molecule has 4 nitrogen and oxygen atoms in total. The van der Waals surface area contributed by atoms with Crippen molar-refractivity contribution in [2.75, 3.05) is 6.73 Å². The second kappa shape index (κ2) is 3.17. The Morgan fingerprint density at radius 2 is 2.38 bits per heavy atom. The second-order valence-electron chi connectivity index (χ2n) is 1.08. The molecule has 0 aromatic carbocycles. The molecule has 0 aliphatic heterocycles. The third-order valence-electron chi connectivity index (χ3n) is 0.563. The Labute approximate surface area is 46.6 Å². The van der Waals surface area contributed by atoms with Crippen LogP contribution in [0.1, 0.15) is 0 Å². The highest BCUT2D eigenvalue weighted by atomic mass is 16.5. The summed E-state index contributed by atoms with van der Waals surface area (Å²) in [6.07, 6.45) is 0.899. The van der Waals surface area contributed by atoms with E-state index in [1.54, 1.807) is 0 Å². The van der Waals surface area contributed by atoms with Crippen LogP contribution in [0.5, 0.6) is 0 Å². The fraction of sp³-hybridized carbons (Fsp3) is 0.250. The number of hydrogen-bond donors (Lipinski definition) is 2. The SMILES string of the molecule is C=CC(=O)N(O)CO. The molecule has 0 rings (SSSR count). The van der Waals surface area contributed by atoms with Gasteiger partial charge in [-0.25, -0.2) is 0 Å². The van der Waals surface area contributed by atoms with E-state index in [1.807, 2.05) is 0 Å². The topological polar surface area (TPSA) is 60.8 Å². The number of hydrogen-bond acceptors (Lipinski definition) is 3. The van der Waals surface area contributed by atoms with Gasteiger partial charge < -0.3 is 5.11 Å². The molecule has 0 radical (unpaired) electrons. The third kappa shape index (κ3) is 1.72. The van der Waals surface area contributed by atoms with E-state index in [0.29, 0.717) is 0 Å². The van der Waals surface area contributed by atoms with Gasteiger partial charge in [0.25, 0.3) is 5.91 Å². The lowest BCUT2D eigenvalue weighted by molar-refractivity contribution is -0.174. The summed E-state index contributed by atoms with van der Waals surface area (Å²) in [5, 5.41) is 16.5. The van der Waals surface area contributed by atoms with Crippen molar-refractivity contribution in [1.82, 2.24) is 5.06 Å². The van der Waals surface area contributed by atoms with Crippen LogP contribution in [0.2, 0.25) is 0 Å². The molecule has 0 atom stereocenters. The normalized spacial score (nSPS) is 8.25. The first-order chi connectivity index (χ1) is 3.72. The Kier molecular flexibility index (Phi) is 2.83. The largest absolute Gasteiger partial charge is 0.374 e. The van der Waals surface area contributed by atoms with E-state index in [9.17, 15) is 4.79 Å². The van der Waals surface area contributed by atoms with E-state index in [0.717, 1.165) is 6.08 Å². The summed E-state index contributed by atoms with van der Waals surface area (Å²) in [6, 6.07) is 0. The van der Waals surface area contributed by atoms with Crippen LogP contribution >= 0.6 is 0 Å². The van der Waals surface area contributed by atoms with Crippen molar-refractivity contribution in [3.63, 3.8) is 0 Å². The van der Waals surface area contributed by atoms with E-state index in [2.05, 4.69) is 6.58 Å². The summed E-state index contributed by atoms with van der Waals surface area (Å²) >= 11 is 0. The number of amides is 1. The van der Waals surface area contributed by atoms with Gasteiger partial charge in [0.15, 0.2) is 0 Å². The zero-order chi connectivity index (χ0) is 6.57. The van der Waals surface area contributed by atoms with Crippen LogP contribution in [-0.2, 0) is 4.79 Å². The van der Waals surface area contributed by atoms with Crippen LogP contribution in [0.25, 0.3) is 0 Å². The first kappa shape index (κ1) is 7.13. The number of aliphatic hydroxyl groups is 1. The predicted molar refractivity (Wildman–Crippen MR) is 25.9 cm³/mol. The van der Waals surface area contributed by atoms with Crippen LogP contribution in [0.15, 0.2) is 12.7 Å². The molecule has 0 bridgehead atoms. The number of carbonyl (C=O) groups is 1. The molecular weight excluding hydrogens is 110 g/mol. The summed E-state index contributed by atoms with van der Waals surface area (Å²) < 4.78 is 0. The molecule has 0 aliphatic rings. The van der Waals surface area contributed by atoms with Crippen molar-refractivity contribution >= 4 is 5.91 Å². The quantitative estimate of drug-likeness (QED) is 0.218. The van der Waals surface area contributed by atoms with E-state index in [-0.39, 0.29) is 5.06 Å². The monoisotopic (exact) mass is 117 g/mol. The highest BCUT2D eigenvalue weighted by molar-refractivity contribution is 5.85. The minimum atomic E-state index is -0.715. The molecule has 0 aliphatic carbocycles. The number of aliphatic hydroxyl groups excluding tert-OH is 1. The average molecular weight is 117 g/mol. The van der Waals surface area contributed by atoms with Crippen LogP contribution in [0, 0.1) is 0 Å². The molecule has 0 saturated carbocycles. The lowest BCUT2D eigenvalue weighted by atomic mass is 10.6. The van der Waals surface area contributed by atoms with E-state index < -0.39 is 12.6 Å². The Bertz CT molecular complexity index is 101. The molecule has 1 amide bonds. The Morgan fingerprint density at radius 3 is 2.50 bits per heavy atom. The maximum Gasteiger partial charge on any atom is 0.271 e. The lowest BCUT2D eigenvalue weighted by Crippen LogP contribution is -2.25. The van der Waals surface area contributed by atoms with Crippen molar-refractivity contribution in [3.05, 3.63) is 12.7 Å². The maximum absolute atomic E-state index is 10.1. The Balaban J connectivity index is 3.62. The minimum Gasteiger partial charge on any atom is -0.374 e. The van der Waals surface area contributed by atoms with Crippen molar-refractivity contribution < 1.29 is 15.1 Å². The molecular formula is C4H7NO3. The smallest absolute Gasteiger partial charge is 0.271 e. The van der Waals surface area contributed by atoms with Gasteiger partial charge in [0.1, 0.15) is 6.73 Å². The van der Waals surface area contributed by atoms with Crippen molar-refractivity contribution in [3.8, 4) is 0 Å². The van der Waals surface area contributed by atoms with Crippen molar-refractivity contribution in [2.45, 2.75) is 0 Å². The van der Waals surface area contributed by atoms with Gasteiger partial charge in [-0.2, -0.15) is 5.06 Å². The van der Waals surface area contributed by atoms with Crippen LogP contribution in [-0.4, -0.2) is 28.0 Å². The fourth-order valence-electron chi connectivity index (χ4n) is 0.175. The highest BCUT2D eigenvalue weighted by Gasteiger charge is 2.00. The number of nitrogens with zero attached hydrogens (tertiary/aromatic N) is 1. The molecule has 8 heavy (non-hydrogen) atoms. The van der Waals surface area contributed by atoms with E-state index in [4.69, 9.17) is 10.3 Å². The van der Waals surface area contributed by atoms with Gasteiger partial charge in [0, 0.05) is 0 Å². The van der Waals surface area contributed by atoms with Gasteiger partial charge >= 0.3 is 0 Å². The summed E-state index contributed by atoms with van der Waals surface area (Å²) in [5.74, 6) is -0.715. The van der Waals surface area contributed by atoms with Crippen molar-refractivity contribution in [2.24, 2.45) is 0 Å². The molecule has 0 saturated heterocycles. The molecule has 0 aromatic rings. The van der Waals surface area contributed by atoms with Crippen LogP contribution < -0.4 is 0 Å². The fourth-order valence-corrected chi connectivity index (χ4v) is 0.175. The number of carbonyl (C=O) groups excluding carboxylic acids is 1. The molecule has 0 spiro atoms. The van der Waals surface area contributed by atoms with Gasteiger partial charge in [-0.15, -0.1) is 0 Å². The van der Waals surface area contributed by atoms with Gasteiger partial charge in [0.05, 0.1) is 0 Å². The first-order valence-corrected chi connectivity index (χ1v) is 1.96. The molecule has 0 fully saturated rings. The number of hydroxylamine groups is 2. The summed E-state index contributed by atoms with van der Waals surface area (Å²) in [4.78, 5) is 10.1. The molecule has 2 N–H and O–H groups in total. The minimum absolute atomic E-state index is 0.146. The summed E-state index contributed by atoms with van der Waals surface area (Å²) in [6.45, 7) is 2.36. The Hall–Kier alpha value is -0.870. The zero-order valence-electron chi connectivity index (χ0n) is 4.24. The average Bonchev–Trinajstić information content (AvgIpc) is 1.84. The molecule has 46 valence electrons. The Morgan fingerprint density at radius 1 is 1.88 bits per heavy atom. The third-order valence-corrected chi connectivity index (χ3v) is 0.563. The van der Waals surface area contributed by atoms with E-state index in [1.165, 1.54) is 0 Å². The molecule has 0 unspecified atom stereocenters. The van der Waals surface area contributed by atoms with Gasteiger partial charge in [0.2, 0.25) is 0 Å². The predicted octanol–water partition coefficient (Wildman–Crippen LogP) is -0.660. The molecule has 4 heteroatoms.